The maximum Gasteiger partial charge on any atom is 0.264 e. The molecule has 2 aliphatic rings. The van der Waals surface area contributed by atoms with Gasteiger partial charge in [0.2, 0.25) is 11.8 Å². The molecule has 4 aromatic rings. The summed E-state index contributed by atoms with van der Waals surface area (Å²) < 4.78 is 36.3. The van der Waals surface area contributed by atoms with E-state index < -0.39 is 10.0 Å². The number of pyridine rings is 1. The van der Waals surface area contributed by atoms with Crippen molar-refractivity contribution in [3.63, 3.8) is 0 Å². The van der Waals surface area contributed by atoms with Crippen molar-refractivity contribution in [1.29, 1.82) is 0 Å². The zero-order chi connectivity index (χ0) is 35.1. The minimum Gasteiger partial charge on any atom is -0.475 e. The third kappa shape index (κ3) is 7.88. The quantitative estimate of drug-likeness (QED) is 0.239. The molecule has 10 nitrogen and oxygen atoms in total. The number of ether oxygens (including phenoxy) is 1. The average Bonchev–Trinajstić information content (AvgIpc) is 3.40. The summed E-state index contributed by atoms with van der Waals surface area (Å²) in [6.45, 7) is 17.2. The number of fused-ring (bicyclic) bond motifs is 4. The van der Waals surface area contributed by atoms with E-state index in [-0.39, 0.29) is 58.2 Å². The Morgan fingerprint density at radius 2 is 1.73 bits per heavy atom. The molecule has 0 aliphatic carbocycles. The fourth-order valence-electron chi connectivity index (χ4n) is 6.75. The molecule has 4 bridgehead atoms. The predicted octanol–water partition coefficient (Wildman–Crippen LogP) is 7.03. The van der Waals surface area contributed by atoms with Gasteiger partial charge in [0.25, 0.3) is 15.9 Å². The van der Waals surface area contributed by atoms with Gasteiger partial charge in [-0.2, -0.15) is 4.98 Å². The molecule has 49 heavy (non-hydrogen) atoms. The molecule has 0 spiro atoms. The van der Waals surface area contributed by atoms with Crippen molar-refractivity contribution in [3.8, 4) is 17.1 Å². The summed E-state index contributed by atoms with van der Waals surface area (Å²) in [7, 11) is -4.16. The molecule has 0 radical (unpaired) electrons. The van der Waals surface area contributed by atoms with Crippen LogP contribution in [0.2, 0.25) is 0 Å². The predicted molar refractivity (Wildman–Crippen MR) is 192 cm³/mol. The van der Waals surface area contributed by atoms with E-state index in [1.807, 2.05) is 50.4 Å². The summed E-state index contributed by atoms with van der Waals surface area (Å²) in [6.07, 6.45) is 3.56. The number of amides is 1. The molecule has 1 N–H and O–H groups in total. The molecule has 1 fully saturated rings. The summed E-state index contributed by atoms with van der Waals surface area (Å²) in [5.74, 6) is 0.725. The number of rotatable bonds is 5. The van der Waals surface area contributed by atoms with Crippen molar-refractivity contribution < 1.29 is 17.9 Å². The highest BCUT2D eigenvalue weighted by molar-refractivity contribution is 7.92. The van der Waals surface area contributed by atoms with Gasteiger partial charge in [0.05, 0.1) is 16.6 Å². The third-order valence-corrected chi connectivity index (χ3v) is 10.5. The number of nitrogens with zero attached hydrogens (tertiary/aromatic N) is 5. The number of carbonyl (C=O) groups excluding carboxylic acids is 1. The lowest BCUT2D eigenvalue weighted by Crippen LogP contribution is -2.45. The minimum atomic E-state index is -4.16. The van der Waals surface area contributed by atoms with Crippen LogP contribution in [-0.2, 0) is 16.6 Å². The third-order valence-electron chi connectivity index (χ3n) is 9.19. The van der Waals surface area contributed by atoms with Crippen molar-refractivity contribution in [1.82, 2.24) is 19.9 Å². The van der Waals surface area contributed by atoms with Crippen LogP contribution in [0.5, 0.6) is 5.88 Å². The van der Waals surface area contributed by atoms with Gasteiger partial charge in [0.15, 0.2) is 0 Å². The van der Waals surface area contributed by atoms with Gasteiger partial charge < -0.3 is 14.5 Å². The standard InChI is InChI=1S/C38H46N6O4S/c1-25-10-8-11-26(2)34(25)31-19-33-41-36(40-31)42-49(46,47)30-13-9-12-28(18-30)35(45)44(29(23-48-33)20-37(3,4)5)22-27-14-15-32(39-21-27)43-17-16-38(6,7)24-43/h8-15,18-19,21,29H,16-17,20,22-24H2,1-7H3,(H,40,41,42)/t29-/m1/s1. The van der Waals surface area contributed by atoms with Crippen LogP contribution in [0.25, 0.3) is 11.3 Å². The lowest BCUT2D eigenvalue weighted by molar-refractivity contribution is 0.0513. The molecule has 0 unspecified atom stereocenters. The normalized spacial score (nSPS) is 18.9. The maximum absolute atomic E-state index is 14.5. The van der Waals surface area contributed by atoms with Gasteiger partial charge in [-0.1, -0.05) is 65.0 Å². The molecule has 0 saturated carbocycles. The van der Waals surface area contributed by atoms with Gasteiger partial charge in [-0.3, -0.25) is 4.79 Å². The molecule has 2 aromatic heterocycles. The molecule has 1 saturated heterocycles. The van der Waals surface area contributed by atoms with E-state index in [1.54, 1.807) is 23.1 Å². The SMILES string of the molecule is Cc1cccc(C)c1-c1cc2nc(n1)NS(=O)(=O)c1cccc(c1)C(=O)N(Cc1ccc(N3CCC(C)(C)C3)nc1)[C@H](CC(C)(C)C)CO2. The smallest absolute Gasteiger partial charge is 0.264 e. The number of sulfonamides is 1. The summed E-state index contributed by atoms with van der Waals surface area (Å²) in [4.78, 5) is 32.4. The number of aromatic nitrogens is 3. The van der Waals surface area contributed by atoms with Crippen LogP contribution in [0.4, 0.5) is 11.8 Å². The van der Waals surface area contributed by atoms with Crippen molar-refractivity contribution in [3.05, 3.63) is 89.1 Å². The second-order valence-electron chi connectivity index (χ2n) is 15.3. The van der Waals surface area contributed by atoms with Crippen LogP contribution in [-0.4, -0.2) is 59.9 Å². The molecule has 1 amide bonds. The molecule has 1 atom stereocenters. The van der Waals surface area contributed by atoms with Crippen LogP contribution in [0.1, 0.15) is 74.5 Å². The zero-order valence-corrected chi connectivity index (χ0v) is 30.3. The second-order valence-corrected chi connectivity index (χ2v) is 17.0. The first kappa shape index (κ1) is 34.4. The van der Waals surface area contributed by atoms with Gasteiger partial charge in [-0.05, 0) is 78.5 Å². The fourth-order valence-corrected chi connectivity index (χ4v) is 7.74. The summed E-state index contributed by atoms with van der Waals surface area (Å²) in [5.41, 5.74) is 4.58. The fraction of sp³-hybridized carbons (Fsp3) is 0.421. The molecule has 2 aliphatic heterocycles. The highest BCUT2D eigenvalue weighted by Crippen LogP contribution is 2.33. The van der Waals surface area contributed by atoms with E-state index in [9.17, 15) is 13.2 Å². The first-order chi connectivity index (χ1) is 23.1. The topological polar surface area (TPSA) is 118 Å². The Morgan fingerprint density at radius 3 is 2.39 bits per heavy atom. The Morgan fingerprint density at radius 1 is 1.00 bits per heavy atom. The molecule has 4 heterocycles. The molecule has 2 aromatic carbocycles. The number of anilines is 2. The highest BCUT2D eigenvalue weighted by atomic mass is 32.2. The zero-order valence-electron chi connectivity index (χ0n) is 29.4. The maximum atomic E-state index is 14.5. The van der Waals surface area contributed by atoms with Crippen molar-refractivity contribution in [2.45, 2.75) is 78.8 Å². The molecular formula is C38H46N6O4S. The average molecular weight is 683 g/mol. The van der Waals surface area contributed by atoms with E-state index in [1.165, 1.54) is 12.1 Å². The molecule has 258 valence electrons. The Hall–Kier alpha value is -4.51. The minimum absolute atomic E-state index is 0.0620. The molecule has 11 heteroatoms. The summed E-state index contributed by atoms with van der Waals surface area (Å²) in [5, 5.41) is 0. The number of hydrogen-bond donors (Lipinski definition) is 1. The van der Waals surface area contributed by atoms with Gasteiger partial charge in [0.1, 0.15) is 12.4 Å². The first-order valence-corrected chi connectivity index (χ1v) is 18.3. The Bertz CT molecular complexity index is 1950. The van der Waals surface area contributed by atoms with Crippen molar-refractivity contribution >= 4 is 27.7 Å². The largest absolute Gasteiger partial charge is 0.475 e. The van der Waals surface area contributed by atoms with Crippen LogP contribution in [0.15, 0.2) is 71.8 Å². The van der Waals surface area contributed by atoms with Crippen LogP contribution in [0.3, 0.4) is 0 Å². The first-order valence-electron chi connectivity index (χ1n) is 16.8. The van der Waals surface area contributed by atoms with Gasteiger partial charge in [-0.15, -0.1) is 0 Å². The number of hydrogen-bond acceptors (Lipinski definition) is 8. The lowest BCUT2D eigenvalue weighted by Gasteiger charge is -2.36. The Kier molecular flexibility index (Phi) is 9.17. The van der Waals surface area contributed by atoms with Crippen LogP contribution in [0, 0.1) is 24.7 Å². The molecule has 6 rings (SSSR count). The highest BCUT2D eigenvalue weighted by Gasteiger charge is 2.33. The monoisotopic (exact) mass is 682 g/mol. The summed E-state index contributed by atoms with van der Waals surface area (Å²) in [6, 6.07) is 17.4. The lowest BCUT2D eigenvalue weighted by atomic mass is 9.87. The van der Waals surface area contributed by atoms with E-state index in [0.717, 1.165) is 47.6 Å². The van der Waals surface area contributed by atoms with Crippen molar-refractivity contribution in [2.75, 3.05) is 29.3 Å². The second kappa shape index (κ2) is 13.1. The van der Waals surface area contributed by atoms with Crippen molar-refractivity contribution in [2.24, 2.45) is 10.8 Å². The van der Waals surface area contributed by atoms with E-state index in [4.69, 9.17) is 9.72 Å². The van der Waals surface area contributed by atoms with Crippen LogP contribution < -0.4 is 14.4 Å². The number of carbonyl (C=O) groups is 1. The molecular weight excluding hydrogens is 637 g/mol. The van der Waals surface area contributed by atoms with Gasteiger partial charge in [0, 0.05) is 43.0 Å². The van der Waals surface area contributed by atoms with Crippen LogP contribution >= 0.6 is 0 Å². The van der Waals surface area contributed by atoms with E-state index in [2.05, 4.69) is 54.2 Å². The van der Waals surface area contributed by atoms with E-state index >= 15 is 0 Å². The number of aryl methyl sites for hydroxylation is 2. The van der Waals surface area contributed by atoms with Gasteiger partial charge in [-0.25, -0.2) is 23.1 Å². The van der Waals surface area contributed by atoms with Gasteiger partial charge >= 0.3 is 0 Å². The van der Waals surface area contributed by atoms with E-state index in [0.29, 0.717) is 12.1 Å². The Balaban J connectivity index is 1.43. The summed E-state index contributed by atoms with van der Waals surface area (Å²) >= 11 is 0. The number of benzene rings is 2. The number of nitrogens with one attached hydrogen (secondary N) is 1. The Labute approximate surface area is 290 Å².